The Labute approximate surface area is 158 Å². The average molecular weight is 362 g/mol. The van der Waals surface area contributed by atoms with E-state index in [2.05, 4.69) is 32.6 Å². The number of nitrogens with one attached hydrogen (secondary N) is 2. The first-order chi connectivity index (χ1) is 13.2. The van der Waals surface area contributed by atoms with Gasteiger partial charge in [0.1, 0.15) is 12.1 Å². The summed E-state index contributed by atoms with van der Waals surface area (Å²) in [6.07, 6.45) is 4.73. The molecule has 138 valence electrons. The molecule has 0 saturated heterocycles. The maximum atomic E-state index is 12.6. The fraction of sp³-hybridized carbons (Fsp3) is 0.286. The van der Waals surface area contributed by atoms with Crippen LogP contribution in [0, 0.1) is 0 Å². The highest BCUT2D eigenvalue weighted by Crippen LogP contribution is 2.33. The van der Waals surface area contributed by atoms with E-state index in [1.807, 2.05) is 30.3 Å². The summed E-state index contributed by atoms with van der Waals surface area (Å²) in [5.74, 6) is 1.81. The molecule has 3 aromatic rings. The lowest BCUT2D eigenvalue weighted by molar-refractivity contribution is 0.0950. The quantitative estimate of drug-likeness (QED) is 0.730. The lowest BCUT2D eigenvalue weighted by atomic mass is 9.82. The molecule has 1 aromatic heterocycles. The van der Waals surface area contributed by atoms with Crippen LogP contribution in [-0.4, -0.2) is 34.7 Å². The molecule has 27 heavy (non-hydrogen) atoms. The highest BCUT2D eigenvalue weighted by Gasteiger charge is 2.21. The van der Waals surface area contributed by atoms with Gasteiger partial charge < -0.3 is 10.1 Å². The number of aryl methyl sites for hydroxylation is 1. The molecule has 2 aromatic carbocycles. The largest absolute Gasteiger partial charge is 0.497 e. The van der Waals surface area contributed by atoms with Crippen LogP contribution in [0.4, 0.5) is 0 Å². The molecule has 0 fully saturated rings. The number of benzene rings is 2. The van der Waals surface area contributed by atoms with E-state index in [1.165, 1.54) is 17.5 Å². The number of amides is 1. The zero-order chi connectivity index (χ0) is 18.6. The highest BCUT2D eigenvalue weighted by atomic mass is 16.5. The van der Waals surface area contributed by atoms with Gasteiger partial charge in [0, 0.05) is 23.6 Å². The van der Waals surface area contributed by atoms with Crippen molar-refractivity contribution < 1.29 is 9.53 Å². The van der Waals surface area contributed by atoms with Gasteiger partial charge in [0.2, 0.25) is 0 Å². The molecular weight excluding hydrogens is 340 g/mol. The first-order valence-electron chi connectivity index (χ1n) is 9.15. The molecular formula is C21H22N4O2. The number of aromatic nitrogens is 3. The topological polar surface area (TPSA) is 79.9 Å². The fourth-order valence-electron chi connectivity index (χ4n) is 3.70. The minimum Gasteiger partial charge on any atom is -0.497 e. The van der Waals surface area contributed by atoms with Crippen LogP contribution in [0.1, 0.15) is 40.2 Å². The molecule has 1 aliphatic carbocycles. The predicted molar refractivity (Wildman–Crippen MR) is 103 cm³/mol. The van der Waals surface area contributed by atoms with Gasteiger partial charge in [0.05, 0.1) is 7.11 Å². The molecule has 1 amide bonds. The van der Waals surface area contributed by atoms with Crippen molar-refractivity contribution in [3.63, 3.8) is 0 Å². The lowest BCUT2D eigenvalue weighted by Crippen LogP contribution is -2.30. The van der Waals surface area contributed by atoms with Crippen molar-refractivity contribution in [1.29, 1.82) is 0 Å². The molecule has 4 rings (SSSR count). The molecule has 0 spiro atoms. The molecule has 2 N–H and O–H groups in total. The van der Waals surface area contributed by atoms with Crippen LogP contribution >= 0.6 is 0 Å². The molecule has 1 heterocycles. The van der Waals surface area contributed by atoms with E-state index < -0.39 is 0 Å². The number of carbonyl (C=O) groups is 1. The Bertz CT molecular complexity index is 937. The van der Waals surface area contributed by atoms with Gasteiger partial charge in [-0.25, -0.2) is 4.98 Å². The maximum Gasteiger partial charge on any atom is 0.251 e. The Morgan fingerprint density at radius 3 is 3.04 bits per heavy atom. The molecule has 1 aliphatic rings. The van der Waals surface area contributed by atoms with E-state index >= 15 is 0 Å². The van der Waals surface area contributed by atoms with Crippen molar-refractivity contribution in [2.24, 2.45) is 0 Å². The van der Waals surface area contributed by atoms with Crippen LogP contribution in [0.5, 0.6) is 5.75 Å². The Balaban J connectivity index is 1.45. The van der Waals surface area contributed by atoms with Crippen LogP contribution in [0.25, 0.3) is 11.4 Å². The second-order valence-corrected chi connectivity index (χ2v) is 6.78. The van der Waals surface area contributed by atoms with Crippen LogP contribution in [0.2, 0.25) is 0 Å². The van der Waals surface area contributed by atoms with Crippen LogP contribution in [0.3, 0.4) is 0 Å². The number of nitrogens with zero attached hydrogens (tertiary/aromatic N) is 2. The minimum absolute atomic E-state index is 0.0722. The van der Waals surface area contributed by atoms with Crippen LogP contribution in [0.15, 0.2) is 48.8 Å². The Morgan fingerprint density at radius 2 is 2.22 bits per heavy atom. The third kappa shape index (κ3) is 3.69. The number of carbonyl (C=O) groups excluding carboxylic acids is 1. The average Bonchev–Trinajstić information content (AvgIpc) is 3.26. The van der Waals surface area contributed by atoms with Crippen LogP contribution < -0.4 is 10.1 Å². The summed E-state index contributed by atoms with van der Waals surface area (Å²) < 4.78 is 5.33. The zero-order valence-corrected chi connectivity index (χ0v) is 15.2. The van der Waals surface area contributed by atoms with Gasteiger partial charge in [-0.3, -0.25) is 9.89 Å². The number of aromatic amines is 1. The van der Waals surface area contributed by atoms with Crippen molar-refractivity contribution in [3.05, 3.63) is 65.5 Å². The van der Waals surface area contributed by atoms with E-state index in [1.54, 1.807) is 7.11 Å². The van der Waals surface area contributed by atoms with E-state index in [-0.39, 0.29) is 5.91 Å². The van der Waals surface area contributed by atoms with E-state index in [0.717, 1.165) is 30.6 Å². The third-order valence-electron chi connectivity index (χ3n) is 5.11. The lowest BCUT2D eigenvalue weighted by Gasteiger charge is -2.26. The number of rotatable bonds is 5. The van der Waals surface area contributed by atoms with Crippen molar-refractivity contribution >= 4 is 5.91 Å². The molecule has 0 saturated carbocycles. The monoisotopic (exact) mass is 362 g/mol. The third-order valence-corrected chi connectivity index (χ3v) is 5.11. The van der Waals surface area contributed by atoms with Crippen molar-refractivity contribution in [2.45, 2.75) is 25.2 Å². The molecule has 0 bridgehead atoms. The van der Waals surface area contributed by atoms with Gasteiger partial charge in [0.25, 0.3) is 5.91 Å². The molecule has 0 unspecified atom stereocenters. The van der Waals surface area contributed by atoms with Crippen LogP contribution in [-0.2, 0) is 6.42 Å². The maximum absolute atomic E-state index is 12.6. The number of ether oxygens (including phenoxy) is 1. The summed E-state index contributed by atoms with van der Waals surface area (Å²) in [6, 6.07) is 13.7. The summed E-state index contributed by atoms with van der Waals surface area (Å²) in [5.41, 5.74) is 4.11. The second-order valence-electron chi connectivity index (χ2n) is 6.78. The van der Waals surface area contributed by atoms with Crippen molar-refractivity contribution in [2.75, 3.05) is 13.7 Å². The highest BCUT2D eigenvalue weighted by molar-refractivity contribution is 5.95. The standard InChI is InChI=1S/C21H22N4O2/c1-27-18-8-9-19-14(11-18)4-2-7-17(19)12-22-21(26)16-6-3-5-15(10-16)20-23-13-24-25-20/h3,5-6,8-11,13,17H,2,4,7,12H2,1H3,(H,22,26)(H,23,24,25)/t17-/m0/s1. The van der Waals surface area contributed by atoms with Gasteiger partial charge in [0.15, 0.2) is 5.82 Å². The summed E-state index contributed by atoms with van der Waals surface area (Å²) in [6.45, 7) is 0.630. The smallest absolute Gasteiger partial charge is 0.251 e. The first-order valence-corrected chi connectivity index (χ1v) is 9.15. The van der Waals surface area contributed by atoms with Gasteiger partial charge in [-0.15, -0.1) is 0 Å². The Kier molecular flexibility index (Phi) is 4.87. The summed E-state index contributed by atoms with van der Waals surface area (Å²) in [7, 11) is 1.69. The van der Waals surface area contributed by atoms with Gasteiger partial charge >= 0.3 is 0 Å². The Hall–Kier alpha value is -3.15. The van der Waals surface area contributed by atoms with Crippen molar-refractivity contribution in [1.82, 2.24) is 20.5 Å². The van der Waals surface area contributed by atoms with E-state index in [0.29, 0.717) is 23.9 Å². The predicted octanol–water partition coefficient (Wildman–Crippen LogP) is 3.33. The zero-order valence-electron chi connectivity index (χ0n) is 15.2. The van der Waals surface area contributed by atoms with Gasteiger partial charge in [-0.05, 0) is 54.7 Å². The number of hydrogen-bond acceptors (Lipinski definition) is 4. The second kappa shape index (κ2) is 7.61. The fourth-order valence-corrected chi connectivity index (χ4v) is 3.70. The van der Waals surface area contributed by atoms with E-state index in [4.69, 9.17) is 4.74 Å². The summed E-state index contributed by atoms with van der Waals surface area (Å²) in [5, 5.41) is 9.77. The van der Waals surface area contributed by atoms with E-state index in [9.17, 15) is 4.79 Å². The normalized spacial score (nSPS) is 15.8. The number of fused-ring (bicyclic) bond motifs is 1. The number of H-pyrrole nitrogens is 1. The van der Waals surface area contributed by atoms with Gasteiger partial charge in [-0.1, -0.05) is 18.2 Å². The molecule has 0 aliphatic heterocycles. The molecule has 6 nitrogen and oxygen atoms in total. The summed E-state index contributed by atoms with van der Waals surface area (Å²) >= 11 is 0. The molecule has 1 atom stereocenters. The Morgan fingerprint density at radius 1 is 1.30 bits per heavy atom. The van der Waals surface area contributed by atoms with Gasteiger partial charge in [-0.2, -0.15) is 5.10 Å². The summed E-state index contributed by atoms with van der Waals surface area (Å²) in [4.78, 5) is 16.8. The number of hydrogen-bond donors (Lipinski definition) is 2. The SMILES string of the molecule is COc1ccc2c(c1)CCC[C@H]2CNC(=O)c1cccc(-c2ncn[nH]2)c1. The minimum atomic E-state index is -0.0722. The molecule has 6 heteroatoms. The number of methoxy groups -OCH3 is 1. The molecule has 0 radical (unpaired) electrons. The first kappa shape index (κ1) is 17.3. The van der Waals surface area contributed by atoms with Crippen molar-refractivity contribution in [3.8, 4) is 17.1 Å².